The number of nitrogens with one attached hydrogen (secondary N) is 1. The van der Waals surface area contributed by atoms with Gasteiger partial charge in [0, 0.05) is 35.6 Å². The highest BCUT2D eigenvalue weighted by Gasteiger charge is 2.13. The van der Waals surface area contributed by atoms with Crippen molar-refractivity contribution >= 4 is 38.9 Å². The van der Waals surface area contributed by atoms with Gasteiger partial charge in [0.2, 0.25) is 5.91 Å². The first-order valence-electron chi connectivity index (χ1n) is 6.78. The Morgan fingerprint density at radius 1 is 1.38 bits per heavy atom. The largest absolute Gasteiger partial charge is 0.377 e. The summed E-state index contributed by atoms with van der Waals surface area (Å²) in [7, 11) is 1.82. The number of halogens is 1. The van der Waals surface area contributed by atoms with Crippen LogP contribution in [0.5, 0.6) is 0 Å². The second kappa shape index (κ2) is 7.09. The van der Waals surface area contributed by atoms with Gasteiger partial charge >= 0.3 is 0 Å². The number of para-hydroxylation sites is 1. The van der Waals surface area contributed by atoms with Crippen LogP contribution in [0.2, 0.25) is 0 Å². The molecule has 0 bridgehead atoms. The van der Waals surface area contributed by atoms with Crippen molar-refractivity contribution in [3.8, 4) is 0 Å². The van der Waals surface area contributed by atoms with E-state index in [0.717, 1.165) is 15.7 Å². The van der Waals surface area contributed by atoms with Gasteiger partial charge in [-0.25, -0.2) is 0 Å². The van der Waals surface area contributed by atoms with E-state index >= 15 is 0 Å². The highest BCUT2D eigenvalue weighted by Crippen LogP contribution is 2.32. The van der Waals surface area contributed by atoms with Crippen LogP contribution >= 0.6 is 27.3 Å². The topological polar surface area (TPSA) is 32.3 Å². The fourth-order valence-corrected chi connectivity index (χ4v) is 3.80. The average Bonchev–Trinajstić information content (AvgIpc) is 2.87. The van der Waals surface area contributed by atoms with Crippen LogP contribution in [-0.4, -0.2) is 17.9 Å². The van der Waals surface area contributed by atoms with Crippen LogP contribution in [0.3, 0.4) is 0 Å². The maximum absolute atomic E-state index is 11.4. The molecule has 5 heteroatoms. The minimum absolute atomic E-state index is 0.0684. The van der Waals surface area contributed by atoms with E-state index < -0.39 is 0 Å². The van der Waals surface area contributed by atoms with Gasteiger partial charge < -0.3 is 10.2 Å². The molecule has 2 aromatic rings. The molecule has 0 aliphatic rings. The van der Waals surface area contributed by atoms with E-state index in [4.69, 9.17) is 0 Å². The van der Waals surface area contributed by atoms with Crippen LogP contribution < -0.4 is 5.32 Å². The second-order valence-corrected chi connectivity index (χ2v) is 6.83. The summed E-state index contributed by atoms with van der Waals surface area (Å²) < 4.78 is 1.13. The summed E-state index contributed by atoms with van der Waals surface area (Å²) in [6.07, 6.45) is 0. The molecule has 112 valence electrons. The minimum Gasteiger partial charge on any atom is -0.377 e. The lowest BCUT2D eigenvalue weighted by molar-refractivity contribution is -0.128. The third kappa shape index (κ3) is 4.08. The zero-order chi connectivity index (χ0) is 15.4. The highest BCUT2D eigenvalue weighted by molar-refractivity contribution is 9.10. The molecule has 3 nitrogen and oxygen atoms in total. The number of hydrogen-bond donors (Lipinski definition) is 1. The SMILES string of the molecule is CC(=O)N(C)Cc1ccccc1NC(C)c1sccc1Br. The predicted molar refractivity (Wildman–Crippen MR) is 92.6 cm³/mol. The maximum Gasteiger partial charge on any atom is 0.219 e. The van der Waals surface area contributed by atoms with Crippen molar-refractivity contribution in [3.63, 3.8) is 0 Å². The Balaban J connectivity index is 2.17. The van der Waals surface area contributed by atoms with Crippen molar-refractivity contribution in [1.29, 1.82) is 0 Å². The van der Waals surface area contributed by atoms with Gasteiger partial charge in [0.05, 0.1) is 6.04 Å². The fourth-order valence-electron chi connectivity index (χ4n) is 2.08. The molecule has 0 fully saturated rings. The van der Waals surface area contributed by atoms with E-state index in [9.17, 15) is 4.79 Å². The number of amides is 1. The fraction of sp³-hybridized carbons (Fsp3) is 0.312. The molecular formula is C16H19BrN2OS. The summed E-state index contributed by atoms with van der Waals surface area (Å²) in [6.45, 7) is 4.33. The van der Waals surface area contributed by atoms with Gasteiger partial charge in [0.15, 0.2) is 0 Å². The molecule has 21 heavy (non-hydrogen) atoms. The van der Waals surface area contributed by atoms with E-state index in [2.05, 4.69) is 51.7 Å². The summed E-state index contributed by atoms with van der Waals surface area (Å²) >= 11 is 5.30. The van der Waals surface area contributed by atoms with Crippen LogP contribution in [0.25, 0.3) is 0 Å². The molecule has 1 atom stereocenters. The number of anilines is 1. The molecule has 0 spiro atoms. The normalized spacial score (nSPS) is 12.0. The predicted octanol–water partition coefficient (Wildman–Crippen LogP) is 4.66. The number of hydrogen-bond acceptors (Lipinski definition) is 3. The van der Waals surface area contributed by atoms with E-state index in [0.29, 0.717) is 6.54 Å². The highest BCUT2D eigenvalue weighted by atomic mass is 79.9. The Kier molecular flexibility index (Phi) is 5.42. The summed E-state index contributed by atoms with van der Waals surface area (Å²) in [5, 5.41) is 5.62. The quantitative estimate of drug-likeness (QED) is 0.834. The molecule has 0 radical (unpaired) electrons. The van der Waals surface area contributed by atoms with Crippen LogP contribution in [-0.2, 0) is 11.3 Å². The summed E-state index contributed by atoms with van der Waals surface area (Å²) in [6, 6.07) is 10.4. The van der Waals surface area contributed by atoms with E-state index in [1.54, 1.807) is 23.2 Å². The van der Waals surface area contributed by atoms with Crippen molar-refractivity contribution in [2.24, 2.45) is 0 Å². The molecule has 0 aliphatic heterocycles. The lowest BCUT2D eigenvalue weighted by atomic mass is 10.1. The number of nitrogens with zero attached hydrogens (tertiary/aromatic N) is 1. The monoisotopic (exact) mass is 366 g/mol. The van der Waals surface area contributed by atoms with Gasteiger partial charge in [-0.1, -0.05) is 18.2 Å². The number of carbonyl (C=O) groups is 1. The van der Waals surface area contributed by atoms with Crippen molar-refractivity contribution in [2.75, 3.05) is 12.4 Å². The molecule has 1 heterocycles. The lowest BCUT2D eigenvalue weighted by Crippen LogP contribution is -2.23. The van der Waals surface area contributed by atoms with Crippen molar-refractivity contribution in [2.45, 2.75) is 26.4 Å². The summed E-state index contributed by atoms with van der Waals surface area (Å²) in [5.74, 6) is 0.0684. The molecule has 1 aromatic carbocycles. The number of thiophene rings is 1. The van der Waals surface area contributed by atoms with Crippen LogP contribution in [0.4, 0.5) is 5.69 Å². The summed E-state index contributed by atoms with van der Waals surface area (Å²) in [5.41, 5.74) is 2.19. The van der Waals surface area contributed by atoms with Gasteiger partial charge in [0.1, 0.15) is 0 Å². The minimum atomic E-state index is 0.0684. The smallest absolute Gasteiger partial charge is 0.219 e. The van der Waals surface area contributed by atoms with Crippen molar-refractivity contribution < 1.29 is 4.79 Å². The first kappa shape index (κ1) is 16.0. The van der Waals surface area contributed by atoms with Crippen molar-refractivity contribution in [1.82, 2.24) is 4.90 Å². The Morgan fingerprint density at radius 3 is 2.71 bits per heavy atom. The molecule has 2 rings (SSSR count). The number of benzene rings is 1. The Hall–Kier alpha value is -1.33. The van der Waals surface area contributed by atoms with Gasteiger partial charge in [-0.2, -0.15) is 0 Å². The van der Waals surface area contributed by atoms with Gasteiger partial charge in [0.25, 0.3) is 0 Å². The maximum atomic E-state index is 11.4. The molecule has 0 saturated carbocycles. The van der Waals surface area contributed by atoms with Crippen LogP contribution in [0, 0.1) is 0 Å². The van der Waals surface area contributed by atoms with Crippen LogP contribution in [0.1, 0.15) is 30.3 Å². The van der Waals surface area contributed by atoms with Crippen molar-refractivity contribution in [3.05, 3.63) is 50.6 Å². The van der Waals surface area contributed by atoms with E-state index in [-0.39, 0.29) is 11.9 Å². The zero-order valence-corrected chi connectivity index (χ0v) is 14.8. The second-order valence-electron chi connectivity index (χ2n) is 5.03. The summed E-state index contributed by atoms with van der Waals surface area (Å²) in [4.78, 5) is 14.4. The van der Waals surface area contributed by atoms with E-state index in [1.165, 1.54) is 4.88 Å². The third-order valence-corrected chi connectivity index (χ3v) is 5.43. The molecule has 0 aliphatic carbocycles. The van der Waals surface area contributed by atoms with Crippen LogP contribution in [0.15, 0.2) is 40.2 Å². The first-order chi connectivity index (χ1) is 9.99. The molecular weight excluding hydrogens is 348 g/mol. The van der Waals surface area contributed by atoms with E-state index in [1.807, 2.05) is 19.2 Å². The first-order valence-corrected chi connectivity index (χ1v) is 8.45. The number of rotatable bonds is 5. The molecule has 1 unspecified atom stereocenters. The van der Waals surface area contributed by atoms with Gasteiger partial charge in [-0.15, -0.1) is 11.3 Å². The number of carbonyl (C=O) groups excluding carboxylic acids is 1. The molecule has 0 saturated heterocycles. The van der Waals surface area contributed by atoms with Gasteiger partial charge in [-0.3, -0.25) is 4.79 Å². The molecule has 1 N–H and O–H groups in total. The standard InChI is InChI=1S/C16H19BrN2OS/c1-11(16-14(17)8-9-21-16)18-15-7-5-4-6-13(15)10-19(3)12(2)20/h4-9,11,18H,10H2,1-3H3. The molecule has 1 amide bonds. The van der Waals surface area contributed by atoms with Gasteiger partial charge in [-0.05, 0) is 45.9 Å². The third-order valence-electron chi connectivity index (χ3n) is 3.37. The Labute approximate surface area is 138 Å². The Morgan fingerprint density at radius 2 is 2.10 bits per heavy atom. The molecule has 1 aromatic heterocycles. The average molecular weight is 367 g/mol. The zero-order valence-electron chi connectivity index (χ0n) is 12.4. The lowest BCUT2D eigenvalue weighted by Gasteiger charge is -2.21. The Bertz CT molecular complexity index is 626.